The summed E-state index contributed by atoms with van der Waals surface area (Å²) in [6.45, 7) is 2.76. The van der Waals surface area contributed by atoms with Crippen LogP contribution in [0.2, 0.25) is 0 Å². The number of aliphatic hydroxyl groups is 1. The molecule has 34 heavy (non-hydrogen) atoms. The molecule has 3 aromatic heterocycles. The fourth-order valence-corrected chi connectivity index (χ4v) is 4.85. The quantitative estimate of drug-likeness (QED) is 0.426. The van der Waals surface area contributed by atoms with Crippen molar-refractivity contribution in [3.05, 3.63) is 80.1 Å². The number of rotatable bonds is 6. The summed E-state index contributed by atoms with van der Waals surface area (Å²) in [7, 11) is 0. The number of hydrogen-bond donors (Lipinski definition) is 2. The summed E-state index contributed by atoms with van der Waals surface area (Å²) in [6.07, 6.45) is -6.12. The summed E-state index contributed by atoms with van der Waals surface area (Å²) in [5.74, 6) is 0.425. The van der Waals surface area contributed by atoms with Gasteiger partial charge in [-0.25, -0.2) is 9.78 Å². The van der Waals surface area contributed by atoms with Crippen LogP contribution in [0.25, 0.3) is 20.7 Å². The van der Waals surface area contributed by atoms with Gasteiger partial charge in [-0.3, -0.25) is 14.3 Å². The molecule has 2 N–H and O–H groups in total. The van der Waals surface area contributed by atoms with Crippen LogP contribution in [0.1, 0.15) is 16.7 Å². The first-order valence-corrected chi connectivity index (χ1v) is 11.0. The average Bonchev–Trinajstić information content (AvgIpc) is 3.13. The van der Waals surface area contributed by atoms with Crippen LogP contribution in [0, 0.1) is 13.8 Å². The largest absolute Gasteiger partial charge is 0.473 e. The first-order valence-electron chi connectivity index (χ1n) is 10.2. The lowest BCUT2D eigenvalue weighted by Gasteiger charge is -2.15. The van der Waals surface area contributed by atoms with Gasteiger partial charge in [-0.1, -0.05) is 30.3 Å². The number of nitrogens with zero attached hydrogens (tertiary/aromatic N) is 2. The number of halogens is 3. The molecule has 0 radical (unpaired) electrons. The number of aromatic amines is 1. The summed E-state index contributed by atoms with van der Waals surface area (Å²) in [4.78, 5) is 31.8. The van der Waals surface area contributed by atoms with Gasteiger partial charge in [0.15, 0.2) is 6.10 Å². The number of alkyl halides is 3. The zero-order valence-corrected chi connectivity index (χ0v) is 19.0. The summed E-state index contributed by atoms with van der Waals surface area (Å²) >= 11 is 0.993. The van der Waals surface area contributed by atoms with E-state index in [4.69, 9.17) is 4.74 Å². The highest BCUT2D eigenvalue weighted by Crippen LogP contribution is 2.37. The predicted molar refractivity (Wildman–Crippen MR) is 122 cm³/mol. The molecule has 0 saturated carbocycles. The average molecular weight is 491 g/mol. The van der Waals surface area contributed by atoms with E-state index in [0.717, 1.165) is 27.0 Å². The molecule has 1 aromatic carbocycles. The summed E-state index contributed by atoms with van der Waals surface area (Å²) in [5.41, 5.74) is 1.10. The standard InChI is InChI=1S/C23H20F3N3O4S/c1-12-8-15(9-27-20(12)33-11-14-6-4-3-5-7-14)18-13(2)17-19(31)28-22(32)29(21(17)34-18)10-16(30)23(24,25)26/h3-9,16,30H,10-11H2,1-2H3,(H,28,31,32). The van der Waals surface area contributed by atoms with Crippen LogP contribution in [0.5, 0.6) is 5.88 Å². The smallest absolute Gasteiger partial charge is 0.416 e. The molecule has 0 aliphatic carbocycles. The molecular weight excluding hydrogens is 471 g/mol. The Labute approximate surface area is 195 Å². The van der Waals surface area contributed by atoms with Gasteiger partial charge >= 0.3 is 11.9 Å². The van der Waals surface area contributed by atoms with Gasteiger partial charge in [0.05, 0.1) is 11.9 Å². The third kappa shape index (κ3) is 4.62. The summed E-state index contributed by atoms with van der Waals surface area (Å²) in [5, 5.41) is 9.58. The number of nitrogens with one attached hydrogen (secondary N) is 1. The lowest BCUT2D eigenvalue weighted by molar-refractivity contribution is -0.207. The van der Waals surface area contributed by atoms with Gasteiger partial charge in [0.25, 0.3) is 5.56 Å². The summed E-state index contributed by atoms with van der Waals surface area (Å²) in [6, 6.07) is 11.4. The lowest BCUT2D eigenvalue weighted by Crippen LogP contribution is -2.38. The molecule has 11 heteroatoms. The Bertz CT molecular complexity index is 1460. The van der Waals surface area contributed by atoms with E-state index in [1.807, 2.05) is 42.2 Å². The molecule has 0 amide bonds. The number of thiophene rings is 1. The van der Waals surface area contributed by atoms with Crippen molar-refractivity contribution in [2.45, 2.75) is 39.3 Å². The SMILES string of the molecule is Cc1cc(-c2sc3c(c2C)c(=O)[nH]c(=O)n3CC(O)C(F)(F)F)cnc1OCc1ccccc1. The monoisotopic (exact) mass is 491 g/mol. The Balaban J connectivity index is 1.72. The zero-order chi connectivity index (χ0) is 24.6. The summed E-state index contributed by atoms with van der Waals surface area (Å²) < 4.78 is 45.2. The third-order valence-electron chi connectivity index (χ3n) is 5.31. The molecule has 1 unspecified atom stereocenters. The maximum absolute atomic E-state index is 12.9. The first-order chi connectivity index (χ1) is 16.1. The number of aliphatic hydroxyl groups excluding tert-OH is 1. The van der Waals surface area contributed by atoms with Gasteiger partial charge in [-0.05, 0) is 31.0 Å². The second-order valence-corrected chi connectivity index (χ2v) is 8.78. The Morgan fingerprint density at radius 3 is 2.56 bits per heavy atom. The maximum Gasteiger partial charge on any atom is 0.416 e. The van der Waals surface area contributed by atoms with E-state index in [1.54, 1.807) is 19.2 Å². The van der Waals surface area contributed by atoms with E-state index in [9.17, 15) is 27.9 Å². The Morgan fingerprint density at radius 2 is 1.91 bits per heavy atom. The molecule has 0 fully saturated rings. The lowest BCUT2D eigenvalue weighted by atomic mass is 10.1. The minimum absolute atomic E-state index is 0.0478. The van der Waals surface area contributed by atoms with E-state index in [-0.39, 0.29) is 10.2 Å². The fraction of sp³-hybridized carbons (Fsp3) is 0.261. The first kappa shape index (κ1) is 23.7. The van der Waals surface area contributed by atoms with Crippen LogP contribution in [0.3, 0.4) is 0 Å². The van der Waals surface area contributed by atoms with Crippen LogP contribution in [0.15, 0.2) is 52.2 Å². The van der Waals surface area contributed by atoms with E-state index < -0.39 is 30.1 Å². The van der Waals surface area contributed by atoms with Gasteiger partial charge in [0.2, 0.25) is 5.88 Å². The van der Waals surface area contributed by atoms with E-state index in [0.29, 0.717) is 28.5 Å². The van der Waals surface area contributed by atoms with Crippen molar-refractivity contribution in [1.29, 1.82) is 0 Å². The number of benzene rings is 1. The molecule has 178 valence electrons. The second-order valence-electron chi connectivity index (χ2n) is 7.78. The van der Waals surface area contributed by atoms with Crippen LogP contribution >= 0.6 is 11.3 Å². The van der Waals surface area contributed by atoms with Crippen molar-refractivity contribution < 1.29 is 23.0 Å². The third-order valence-corrected chi connectivity index (χ3v) is 6.67. The highest BCUT2D eigenvalue weighted by atomic mass is 32.1. The molecule has 0 aliphatic rings. The molecule has 0 aliphatic heterocycles. The van der Waals surface area contributed by atoms with Crippen LogP contribution < -0.4 is 16.0 Å². The Hall–Kier alpha value is -3.44. The van der Waals surface area contributed by atoms with Crippen molar-refractivity contribution >= 4 is 21.6 Å². The van der Waals surface area contributed by atoms with E-state index in [2.05, 4.69) is 4.98 Å². The molecule has 1 atom stereocenters. The van der Waals surface area contributed by atoms with Crippen LogP contribution in [-0.4, -0.2) is 31.9 Å². The minimum Gasteiger partial charge on any atom is -0.473 e. The van der Waals surface area contributed by atoms with Crippen molar-refractivity contribution in [3.63, 3.8) is 0 Å². The molecule has 0 spiro atoms. The zero-order valence-electron chi connectivity index (χ0n) is 18.1. The molecular formula is C23H20F3N3O4S. The Kier molecular flexibility index (Phi) is 6.32. The molecule has 3 heterocycles. The second kappa shape index (κ2) is 9.07. The highest BCUT2D eigenvalue weighted by Gasteiger charge is 2.39. The van der Waals surface area contributed by atoms with Crippen molar-refractivity contribution in [2.75, 3.05) is 0 Å². The van der Waals surface area contributed by atoms with Gasteiger partial charge in [0.1, 0.15) is 11.4 Å². The minimum atomic E-state index is -4.91. The Morgan fingerprint density at radius 1 is 1.21 bits per heavy atom. The molecule has 0 saturated heterocycles. The van der Waals surface area contributed by atoms with Crippen LogP contribution in [0.4, 0.5) is 13.2 Å². The number of fused-ring (bicyclic) bond motifs is 1. The molecule has 4 rings (SSSR count). The number of hydrogen-bond acceptors (Lipinski definition) is 6. The van der Waals surface area contributed by atoms with E-state index in [1.165, 1.54) is 0 Å². The highest BCUT2D eigenvalue weighted by molar-refractivity contribution is 7.22. The molecule has 0 bridgehead atoms. The van der Waals surface area contributed by atoms with Gasteiger partial charge in [-0.2, -0.15) is 13.2 Å². The van der Waals surface area contributed by atoms with Crippen LogP contribution in [-0.2, 0) is 13.2 Å². The fourth-order valence-electron chi connectivity index (χ4n) is 3.56. The molecule has 4 aromatic rings. The maximum atomic E-state index is 12.9. The van der Waals surface area contributed by atoms with Gasteiger partial charge in [-0.15, -0.1) is 11.3 Å². The van der Waals surface area contributed by atoms with E-state index >= 15 is 0 Å². The van der Waals surface area contributed by atoms with Gasteiger partial charge < -0.3 is 9.84 Å². The number of pyridine rings is 1. The van der Waals surface area contributed by atoms with Crippen molar-refractivity contribution in [2.24, 2.45) is 0 Å². The topological polar surface area (TPSA) is 97.2 Å². The van der Waals surface area contributed by atoms with Crippen molar-refractivity contribution in [1.82, 2.24) is 14.5 Å². The number of ether oxygens (including phenoxy) is 1. The number of aryl methyl sites for hydroxylation is 2. The normalized spacial score (nSPS) is 12.8. The molecule has 7 nitrogen and oxygen atoms in total. The number of H-pyrrole nitrogens is 1. The van der Waals surface area contributed by atoms with Gasteiger partial charge in [0, 0.05) is 22.2 Å². The number of aromatic nitrogens is 3. The predicted octanol–water partition coefficient (Wildman–Crippen LogP) is 3.93. The van der Waals surface area contributed by atoms with Crippen molar-refractivity contribution in [3.8, 4) is 16.3 Å².